The van der Waals surface area contributed by atoms with Crippen molar-refractivity contribution >= 4 is 5.91 Å². The highest BCUT2D eigenvalue weighted by molar-refractivity contribution is 5.76. The first kappa shape index (κ1) is 48.3. The van der Waals surface area contributed by atoms with Gasteiger partial charge in [-0.15, -0.1) is 0 Å². The van der Waals surface area contributed by atoms with Gasteiger partial charge in [-0.3, -0.25) is 4.79 Å². The summed E-state index contributed by atoms with van der Waals surface area (Å²) in [6, 6.07) is -0.766. The normalized spacial score (nSPS) is 14.1. The summed E-state index contributed by atoms with van der Waals surface area (Å²) in [6.07, 6.45) is 51.5. The molecule has 5 heteroatoms. The van der Waals surface area contributed by atoms with Gasteiger partial charge < -0.3 is 20.6 Å². The molecule has 0 aromatic carbocycles. The van der Waals surface area contributed by atoms with E-state index >= 15 is 0 Å². The zero-order valence-electron chi connectivity index (χ0n) is 33.0. The van der Waals surface area contributed by atoms with Crippen LogP contribution in [0.2, 0.25) is 0 Å². The average molecular weight is 702 g/mol. The summed E-state index contributed by atoms with van der Waals surface area (Å²) >= 11 is 0. The molecule has 0 aromatic rings. The lowest BCUT2D eigenvalue weighted by molar-refractivity contribution is -0.124. The molecule has 1 amide bonds. The number of amides is 1. The Morgan fingerprint density at radius 2 is 0.940 bits per heavy atom. The topological polar surface area (TPSA) is 89.8 Å². The van der Waals surface area contributed by atoms with Crippen LogP contribution in [0.25, 0.3) is 0 Å². The Labute approximate surface area is 310 Å². The maximum Gasteiger partial charge on any atom is 0.222 e. The van der Waals surface area contributed by atoms with E-state index < -0.39 is 18.2 Å². The SMILES string of the molecule is C/C=C/CC/C=C/CC/C=C/C(O)C(CO)NC(=O)CC(O)CCCCCCCCCCCC/C=C\CCCCCCCCCCCCCC. The van der Waals surface area contributed by atoms with Crippen LogP contribution < -0.4 is 5.32 Å². The van der Waals surface area contributed by atoms with Gasteiger partial charge in [0.15, 0.2) is 0 Å². The monoisotopic (exact) mass is 702 g/mol. The van der Waals surface area contributed by atoms with E-state index in [1.807, 2.05) is 13.0 Å². The number of rotatable bonds is 38. The van der Waals surface area contributed by atoms with E-state index in [-0.39, 0.29) is 18.9 Å². The molecule has 4 N–H and O–H groups in total. The van der Waals surface area contributed by atoms with Crippen LogP contribution in [0.1, 0.15) is 206 Å². The maximum absolute atomic E-state index is 12.4. The van der Waals surface area contributed by atoms with E-state index in [1.54, 1.807) is 6.08 Å². The van der Waals surface area contributed by atoms with Gasteiger partial charge in [0.1, 0.15) is 0 Å². The Bertz CT molecular complexity index is 820. The molecule has 0 spiro atoms. The fraction of sp³-hybridized carbons (Fsp3) is 0.800. The highest BCUT2D eigenvalue weighted by Crippen LogP contribution is 2.15. The van der Waals surface area contributed by atoms with Gasteiger partial charge in [0.05, 0.1) is 31.3 Å². The quantitative estimate of drug-likeness (QED) is 0.0381. The third-order valence-electron chi connectivity index (χ3n) is 9.66. The van der Waals surface area contributed by atoms with Gasteiger partial charge in [0.2, 0.25) is 5.91 Å². The van der Waals surface area contributed by atoms with E-state index in [9.17, 15) is 20.1 Å². The molecule has 0 radical (unpaired) electrons. The van der Waals surface area contributed by atoms with E-state index in [0.717, 1.165) is 38.5 Å². The Kier molecular flexibility index (Phi) is 38.7. The fourth-order valence-corrected chi connectivity index (χ4v) is 6.37. The molecule has 0 aromatic heterocycles. The van der Waals surface area contributed by atoms with Crippen molar-refractivity contribution < 1.29 is 20.1 Å². The van der Waals surface area contributed by atoms with Crippen LogP contribution in [0.4, 0.5) is 0 Å². The lowest BCUT2D eigenvalue weighted by Gasteiger charge is -2.21. The summed E-state index contributed by atoms with van der Waals surface area (Å²) in [4.78, 5) is 12.4. The summed E-state index contributed by atoms with van der Waals surface area (Å²) in [5.74, 6) is -0.334. The van der Waals surface area contributed by atoms with Crippen molar-refractivity contribution in [2.75, 3.05) is 6.61 Å². The van der Waals surface area contributed by atoms with Crippen LogP contribution in [0.15, 0.2) is 48.6 Å². The van der Waals surface area contributed by atoms with Crippen LogP contribution in [0.3, 0.4) is 0 Å². The Hall–Kier alpha value is -1.69. The minimum absolute atomic E-state index is 0.000179. The number of unbranched alkanes of at least 4 members (excludes halogenated alkanes) is 24. The molecule has 0 saturated carbocycles. The van der Waals surface area contributed by atoms with Gasteiger partial charge in [-0.2, -0.15) is 0 Å². The maximum atomic E-state index is 12.4. The van der Waals surface area contributed by atoms with Crippen molar-refractivity contribution in [3.8, 4) is 0 Å². The highest BCUT2D eigenvalue weighted by Gasteiger charge is 2.20. The van der Waals surface area contributed by atoms with E-state index in [1.165, 1.54) is 141 Å². The summed E-state index contributed by atoms with van der Waals surface area (Å²) in [5.41, 5.74) is 0. The molecule has 0 bridgehead atoms. The second kappa shape index (κ2) is 40.1. The first-order chi connectivity index (χ1) is 24.5. The van der Waals surface area contributed by atoms with Crippen LogP contribution >= 0.6 is 0 Å². The molecule has 3 atom stereocenters. The zero-order valence-corrected chi connectivity index (χ0v) is 33.0. The molecule has 292 valence electrons. The summed E-state index contributed by atoms with van der Waals surface area (Å²) in [6.45, 7) is 3.96. The van der Waals surface area contributed by atoms with Gasteiger partial charge in [-0.25, -0.2) is 0 Å². The Morgan fingerprint density at radius 1 is 0.540 bits per heavy atom. The van der Waals surface area contributed by atoms with Crippen molar-refractivity contribution in [2.45, 2.75) is 225 Å². The van der Waals surface area contributed by atoms with Crippen molar-refractivity contribution in [1.82, 2.24) is 5.32 Å². The second-order valence-electron chi connectivity index (χ2n) is 14.6. The predicted octanol–water partition coefficient (Wildman–Crippen LogP) is 12.2. The number of carbonyl (C=O) groups excluding carboxylic acids is 1. The first-order valence-electron chi connectivity index (χ1n) is 21.4. The van der Waals surface area contributed by atoms with Gasteiger partial charge in [-0.05, 0) is 64.7 Å². The molecule has 0 aliphatic heterocycles. The molecule has 0 heterocycles. The summed E-state index contributed by atoms with van der Waals surface area (Å²) in [5, 5.41) is 33.0. The minimum atomic E-state index is -0.958. The van der Waals surface area contributed by atoms with Crippen LogP contribution in [0, 0.1) is 0 Å². The van der Waals surface area contributed by atoms with Crippen LogP contribution in [-0.2, 0) is 4.79 Å². The van der Waals surface area contributed by atoms with Crippen molar-refractivity contribution in [3.63, 3.8) is 0 Å². The molecule has 0 saturated heterocycles. The predicted molar refractivity (Wildman–Crippen MR) is 217 cm³/mol. The van der Waals surface area contributed by atoms with Gasteiger partial charge >= 0.3 is 0 Å². The third-order valence-corrected chi connectivity index (χ3v) is 9.66. The number of carbonyl (C=O) groups is 1. The molecule has 0 aliphatic carbocycles. The number of allylic oxidation sites excluding steroid dienone is 7. The number of hydrogen-bond acceptors (Lipinski definition) is 4. The van der Waals surface area contributed by atoms with Crippen molar-refractivity contribution in [1.29, 1.82) is 0 Å². The lowest BCUT2D eigenvalue weighted by Crippen LogP contribution is -2.45. The van der Waals surface area contributed by atoms with Gasteiger partial charge in [0.25, 0.3) is 0 Å². The minimum Gasteiger partial charge on any atom is -0.394 e. The molecular weight excluding hydrogens is 618 g/mol. The lowest BCUT2D eigenvalue weighted by atomic mass is 10.0. The fourth-order valence-electron chi connectivity index (χ4n) is 6.37. The molecule has 3 unspecified atom stereocenters. The highest BCUT2D eigenvalue weighted by atomic mass is 16.3. The number of aliphatic hydroxyl groups excluding tert-OH is 3. The number of nitrogens with one attached hydrogen (secondary N) is 1. The molecule has 5 nitrogen and oxygen atoms in total. The average Bonchev–Trinajstić information content (AvgIpc) is 3.11. The van der Waals surface area contributed by atoms with Crippen LogP contribution in [0.5, 0.6) is 0 Å². The van der Waals surface area contributed by atoms with E-state index in [0.29, 0.717) is 6.42 Å². The second-order valence-corrected chi connectivity index (χ2v) is 14.6. The first-order valence-corrected chi connectivity index (χ1v) is 21.4. The molecule has 50 heavy (non-hydrogen) atoms. The van der Waals surface area contributed by atoms with Crippen molar-refractivity contribution in [2.24, 2.45) is 0 Å². The summed E-state index contributed by atoms with van der Waals surface area (Å²) in [7, 11) is 0. The summed E-state index contributed by atoms with van der Waals surface area (Å²) < 4.78 is 0. The standard InChI is InChI=1S/C45H83NO4/c1-3-5-7-9-11-13-14-15-16-17-18-19-20-21-22-23-24-25-26-27-28-29-31-32-34-36-38-42(48)40-45(50)46-43(41-47)44(49)39-37-35-33-30-12-10-8-6-4-2/h4,6,12,21-22,30,37,39,42-44,47-49H,3,5,7-11,13-20,23-29,31-36,38,40-41H2,1-2H3,(H,46,50)/b6-4+,22-21-,30-12+,39-37+. The van der Waals surface area contributed by atoms with Crippen molar-refractivity contribution in [3.05, 3.63) is 48.6 Å². The zero-order chi connectivity index (χ0) is 36.6. The number of aliphatic hydroxyl groups is 3. The number of hydrogen-bond donors (Lipinski definition) is 4. The van der Waals surface area contributed by atoms with Crippen LogP contribution in [-0.4, -0.2) is 46.1 Å². The smallest absolute Gasteiger partial charge is 0.222 e. The van der Waals surface area contributed by atoms with Gasteiger partial charge in [-0.1, -0.05) is 184 Å². The third kappa shape index (κ3) is 36.1. The van der Waals surface area contributed by atoms with E-state index in [4.69, 9.17) is 0 Å². The Morgan fingerprint density at radius 3 is 1.40 bits per heavy atom. The molecule has 0 fully saturated rings. The molecule has 0 aliphatic rings. The molecule has 0 rings (SSSR count). The van der Waals surface area contributed by atoms with Gasteiger partial charge in [0, 0.05) is 0 Å². The molecular formula is C45H83NO4. The Balaban J connectivity index is 3.57. The largest absolute Gasteiger partial charge is 0.394 e. The van der Waals surface area contributed by atoms with E-state index in [2.05, 4.69) is 48.7 Å².